The minimum Gasteiger partial charge on any atom is -0.461 e. The van der Waals surface area contributed by atoms with Crippen molar-refractivity contribution in [2.45, 2.75) is 120 Å². The van der Waals surface area contributed by atoms with Crippen LogP contribution in [0.3, 0.4) is 0 Å². The number of nitrogens with two attached hydrogens (primary N) is 2. The smallest absolute Gasteiger partial charge is 0.312 e. The molecule has 2 heterocycles. The summed E-state index contributed by atoms with van der Waals surface area (Å²) in [5.74, 6) is -5.92. The average molecular weight is 772 g/mol. The van der Waals surface area contributed by atoms with Gasteiger partial charge in [-0.05, 0) is 25.8 Å². The first-order chi connectivity index (χ1) is 25.4. The number of carbonyl (C=O) groups is 5. The lowest BCUT2D eigenvalue weighted by molar-refractivity contribution is -0.268. The first-order valence-corrected chi connectivity index (χ1v) is 17.4. The summed E-state index contributed by atoms with van der Waals surface area (Å²) in [7, 11) is 0. The first kappa shape index (κ1) is 44.6. The van der Waals surface area contributed by atoms with Gasteiger partial charge in [0, 0.05) is 20.4 Å². The predicted molar refractivity (Wildman–Crippen MR) is 184 cm³/mol. The molecule has 0 saturated carbocycles. The Hall–Kier alpha value is -3.83. The van der Waals surface area contributed by atoms with E-state index in [-0.39, 0.29) is 6.61 Å². The van der Waals surface area contributed by atoms with Crippen molar-refractivity contribution in [3.8, 4) is 0 Å². The number of nitrogens with one attached hydrogen (secondary N) is 2. The zero-order valence-electron chi connectivity index (χ0n) is 30.5. The number of ether oxygens (including phenoxy) is 4. The molecule has 0 aromatic heterocycles. The Kier molecular flexibility index (Phi) is 16.7. The maximum absolute atomic E-state index is 14.0. The molecule has 2 aliphatic rings. The number of primary amides is 1. The molecule has 2 fully saturated rings. The number of carbonyl (C=O) groups excluding carboxylic acids is 5. The van der Waals surface area contributed by atoms with Crippen LogP contribution in [0.25, 0.3) is 0 Å². The van der Waals surface area contributed by atoms with E-state index in [2.05, 4.69) is 10.6 Å². The van der Waals surface area contributed by atoms with Crippen molar-refractivity contribution < 1.29 is 73.6 Å². The molecule has 54 heavy (non-hydrogen) atoms. The molecule has 0 aliphatic carbocycles. The fourth-order valence-electron chi connectivity index (χ4n) is 6.59. The highest BCUT2D eigenvalue weighted by Crippen LogP contribution is 2.32. The lowest BCUT2D eigenvalue weighted by Gasteiger charge is -2.46. The summed E-state index contributed by atoms with van der Waals surface area (Å²) < 4.78 is 22.7. The van der Waals surface area contributed by atoms with Gasteiger partial charge in [-0.25, -0.2) is 0 Å². The molecule has 20 heteroatoms. The van der Waals surface area contributed by atoms with Crippen LogP contribution in [0.1, 0.15) is 39.7 Å². The second-order valence-corrected chi connectivity index (χ2v) is 13.5. The quantitative estimate of drug-likeness (QED) is 0.0664. The van der Waals surface area contributed by atoms with Crippen molar-refractivity contribution in [1.82, 2.24) is 15.5 Å². The van der Waals surface area contributed by atoms with Crippen LogP contribution in [0.4, 0.5) is 0 Å². The maximum atomic E-state index is 14.0. The van der Waals surface area contributed by atoms with Crippen LogP contribution in [0, 0.1) is 5.92 Å². The van der Waals surface area contributed by atoms with E-state index < -0.39 is 141 Å². The van der Waals surface area contributed by atoms with Gasteiger partial charge < -0.3 is 76.6 Å². The molecule has 1 aromatic rings. The van der Waals surface area contributed by atoms with E-state index in [1.54, 1.807) is 30.3 Å². The molecule has 12 N–H and O–H groups in total. The summed E-state index contributed by atoms with van der Waals surface area (Å²) in [6.45, 7) is 2.71. The number of hydrogen-bond acceptors (Lipinski definition) is 16. The molecule has 304 valence electrons. The molecule has 0 spiro atoms. The Morgan fingerprint density at radius 1 is 0.870 bits per heavy atom. The van der Waals surface area contributed by atoms with E-state index in [1.165, 1.54) is 13.8 Å². The van der Waals surface area contributed by atoms with Gasteiger partial charge in [-0.15, -0.1) is 0 Å². The second-order valence-electron chi connectivity index (χ2n) is 13.5. The number of aliphatic hydroxyl groups is 6. The Morgan fingerprint density at radius 3 is 1.98 bits per heavy atom. The van der Waals surface area contributed by atoms with Gasteiger partial charge in [0.05, 0.1) is 43.4 Å². The zero-order valence-corrected chi connectivity index (χ0v) is 30.5. The Balaban J connectivity index is 2.04. The number of amides is 4. The third-order valence-electron chi connectivity index (χ3n) is 9.20. The zero-order chi connectivity index (χ0) is 40.4. The number of hydrogen-bond donors (Lipinski definition) is 10. The van der Waals surface area contributed by atoms with E-state index in [9.17, 15) is 54.6 Å². The summed E-state index contributed by atoms with van der Waals surface area (Å²) in [6, 6.07) is 2.71. The number of rotatable bonds is 17. The maximum Gasteiger partial charge on any atom is 0.312 e. The van der Waals surface area contributed by atoms with Crippen molar-refractivity contribution in [2.75, 3.05) is 19.8 Å². The first-order valence-electron chi connectivity index (χ1n) is 17.4. The SMILES string of the molecule is CC(=O)N[C@@H]1[C@@H](OC(C)CN(C(=O)[C@H](C)N)[C@H](CC(C(=O)OCc2ccccc2)C2O[C@H](CO)[C@@H](O)[C@H](O)[C@H]2NC(C)=O)C(N)=O)[C@H](O)[C@@H](CO)O[C@@H]1O. The molecule has 4 amide bonds. The summed E-state index contributed by atoms with van der Waals surface area (Å²) in [5.41, 5.74) is 12.4. The summed E-state index contributed by atoms with van der Waals surface area (Å²) in [4.78, 5) is 66.1. The summed E-state index contributed by atoms with van der Waals surface area (Å²) in [6.07, 6.45) is -14.4. The largest absolute Gasteiger partial charge is 0.461 e. The minimum absolute atomic E-state index is 0.263. The van der Waals surface area contributed by atoms with Gasteiger partial charge in [-0.2, -0.15) is 0 Å². The summed E-state index contributed by atoms with van der Waals surface area (Å²) in [5, 5.41) is 67.7. The molecule has 3 rings (SSSR count). The standard InChI is InChI=1S/C34H53N5O15/c1-15(52-30-25(38-18(4)43)34(50)54-23(13-41)27(30)45)11-39(32(48)16(2)35)21(31(36)47)10-20(33(49)51-14-19-8-6-5-7-9-19)29-24(37-17(3)42)28(46)26(44)22(12-40)53-29/h5-9,15-16,20-30,34,40-41,44-46,50H,10-14,35H2,1-4H3,(H2,36,47)(H,37,42)(H,38,43)/t15?,16-,20?,21+,22+,23+,24+,25+,26+,27+,28+,29?,30+,34-/m0/s1. The monoisotopic (exact) mass is 771 g/mol. The third-order valence-corrected chi connectivity index (χ3v) is 9.20. The van der Waals surface area contributed by atoms with Crippen molar-refractivity contribution in [2.24, 2.45) is 17.4 Å². The van der Waals surface area contributed by atoms with Crippen LogP contribution in [0.15, 0.2) is 30.3 Å². The van der Waals surface area contributed by atoms with Crippen LogP contribution in [0.2, 0.25) is 0 Å². The fraction of sp³-hybridized carbons (Fsp3) is 0.676. The molecule has 0 radical (unpaired) electrons. The van der Waals surface area contributed by atoms with Crippen LogP contribution in [-0.2, 0) is 49.5 Å². The van der Waals surface area contributed by atoms with Gasteiger partial charge in [0.25, 0.3) is 0 Å². The normalized spacial score (nSPS) is 30.6. The lowest BCUT2D eigenvalue weighted by atomic mass is 9.82. The van der Waals surface area contributed by atoms with E-state index in [0.717, 1.165) is 18.7 Å². The van der Waals surface area contributed by atoms with Gasteiger partial charge in [-0.3, -0.25) is 24.0 Å². The number of nitrogens with zero attached hydrogens (tertiary/aromatic N) is 1. The molecule has 2 aliphatic heterocycles. The number of aliphatic hydroxyl groups excluding tert-OH is 6. The second kappa shape index (κ2) is 20.2. The molecule has 20 nitrogen and oxygen atoms in total. The van der Waals surface area contributed by atoms with Crippen molar-refractivity contribution in [1.29, 1.82) is 0 Å². The molecule has 14 atom stereocenters. The van der Waals surface area contributed by atoms with Gasteiger partial charge in [0.2, 0.25) is 23.6 Å². The Labute approximate surface area is 311 Å². The molecule has 1 aromatic carbocycles. The molecular formula is C34H53N5O15. The van der Waals surface area contributed by atoms with Crippen LogP contribution >= 0.6 is 0 Å². The highest BCUT2D eigenvalue weighted by molar-refractivity contribution is 5.89. The van der Waals surface area contributed by atoms with Crippen molar-refractivity contribution in [3.63, 3.8) is 0 Å². The van der Waals surface area contributed by atoms with Gasteiger partial charge >= 0.3 is 5.97 Å². The van der Waals surface area contributed by atoms with Crippen LogP contribution in [0.5, 0.6) is 0 Å². The van der Waals surface area contributed by atoms with E-state index in [4.69, 9.17) is 30.4 Å². The number of esters is 1. The van der Waals surface area contributed by atoms with Crippen LogP contribution < -0.4 is 22.1 Å². The fourth-order valence-corrected chi connectivity index (χ4v) is 6.59. The minimum atomic E-state index is -1.78. The average Bonchev–Trinajstić information content (AvgIpc) is 3.11. The highest BCUT2D eigenvalue weighted by Gasteiger charge is 2.52. The highest BCUT2D eigenvalue weighted by atomic mass is 16.6. The van der Waals surface area contributed by atoms with Crippen molar-refractivity contribution in [3.05, 3.63) is 35.9 Å². The molecule has 0 bridgehead atoms. The number of benzene rings is 1. The molecular weight excluding hydrogens is 718 g/mol. The van der Waals surface area contributed by atoms with Crippen molar-refractivity contribution >= 4 is 29.6 Å². The van der Waals surface area contributed by atoms with Gasteiger partial charge in [0.15, 0.2) is 6.29 Å². The van der Waals surface area contributed by atoms with Gasteiger partial charge in [0.1, 0.15) is 55.3 Å². The van der Waals surface area contributed by atoms with E-state index >= 15 is 0 Å². The Bertz CT molecular complexity index is 1420. The third kappa shape index (κ3) is 11.4. The summed E-state index contributed by atoms with van der Waals surface area (Å²) >= 11 is 0. The Morgan fingerprint density at radius 2 is 1.44 bits per heavy atom. The van der Waals surface area contributed by atoms with E-state index in [1.807, 2.05) is 0 Å². The predicted octanol–water partition coefficient (Wildman–Crippen LogP) is -4.90. The van der Waals surface area contributed by atoms with Gasteiger partial charge in [-0.1, -0.05) is 30.3 Å². The van der Waals surface area contributed by atoms with E-state index in [0.29, 0.717) is 5.56 Å². The lowest BCUT2D eigenvalue weighted by Crippen LogP contribution is -2.67. The molecule has 3 unspecified atom stereocenters. The molecule has 2 saturated heterocycles. The van der Waals surface area contributed by atoms with Crippen LogP contribution in [-0.4, -0.2) is 164 Å². The topological polar surface area (TPSA) is 323 Å².